The van der Waals surface area contributed by atoms with Crippen molar-refractivity contribution in [2.75, 3.05) is 6.54 Å². The third kappa shape index (κ3) is 4.55. The van der Waals surface area contributed by atoms with Crippen LogP contribution < -0.4 is 10.1 Å². The first-order chi connectivity index (χ1) is 18.0. The van der Waals surface area contributed by atoms with Crippen LogP contribution in [0.5, 0.6) is 5.75 Å². The molecule has 9 heteroatoms. The average molecular weight is 533 g/mol. The van der Waals surface area contributed by atoms with Crippen molar-refractivity contribution in [3.63, 3.8) is 0 Å². The molecule has 2 aromatic carbocycles. The molecule has 1 saturated carbocycles. The molecule has 2 fully saturated rings. The number of nitrogens with one attached hydrogen (secondary N) is 1. The quantitative estimate of drug-likeness (QED) is 0.335. The normalized spacial score (nSPS) is 20.4. The van der Waals surface area contributed by atoms with Gasteiger partial charge in [-0.05, 0) is 61.9 Å². The number of aryl methyl sites for hydroxylation is 1. The molecular weight excluding hydrogens is 508 g/mol. The minimum atomic E-state index is -0.558. The second kappa shape index (κ2) is 9.76. The van der Waals surface area contributed by atoms with Gasteiger partial charge in [0.1, 0.15) is 11.2 Å². The summed E-state index contributed by atoms with van der Waals surface area (Å²) in [6.45, 7) is 2.22. The van der Waals surface area contributed by atoms with E-state index in [9.17, 15) is 9.59 Å². The smallest absolute Gasteiger partial charge is 0.408 e. The molecule has 37 heavy (non-hydrogen) atoms. The number of hydrogen-bond acceptors (Lipinski definition) is 6. The van der Waals surface area contributed by atoms with Gasteiger partial charge in [0.05, 0.1) is 15.9 Å². The van der Waals surface area contributed by atoms with Crippen LogP contribution in [-0.4, -0.2) is 45.5 Å². The van der Waals surface area contributed by atoms with Crippen LogP contribution in [0.25, 0.3) is 21.3 Å². The summed E-state index contributed by atoms with van der Waals surface area (Å²) in [5.74, 6) is 0.647. The van der Waals surface area contributed by atoms with Gasteiger partial charge in [-0.1, -0.05) is 41.9 Å². The van der Waals surface area contributed by atoms with Crippen LogP contribution in [0.2, 0.25) is 5.02 Å². The fraction of sp³-hybridized carbons (Fsp3) is 0.286. The Hall–Kier alpha value is -3.49. The van der Waals surface area contributed by atoms with Crippen molar-refractivity contribution in [3.8, 4) is 16.2 Å². The number of halogens is 1. The van der Waals surface area contributed by atoms with Gasteiger partial charge in [-0.2, -0.15) is 0 Å². The van der Waals surface area contributed by atoms with E-state index in [1.54, 1.807) is 12.3 Å². The fourth-order valence-electron chi connectivity index (χ4n) is 5.68. The number of ether oxygens (including phenoxy) is 1. The molecule has 2 amide bonds. The number of nitrogens with zero attached hydrogens (tertiary/aromatic N) is 3. The SMILES string of the molecule is Cc1nc(C(=O)N2[C@@H]3CC[C@@H](C3)[C@H]2CNC(=O)Oc2cccc3cccnc23)c(-c2cccc(Cl)c2)s1. The van der Waals surface area contributed by atoms with Crippen LogP contribution in [0.15, 0.2) is 60.8 Å². The van der Waals surface area contributed by atoms with Crippen molar-refractivity contribution < 1.29 is 14.3 Å². The first-order valence-electron chi connectivity index (χ1n) is 12.3. The Balaban J connectivity index is 1.20. The zero-order valence-corrected chi connectivity index (χ0v) is 21.8. The lowest BCUT2D eigenvalue weighted by Crippen LogP contribution is -2.50. The van der Waals surface area contributed by atoms with E-state index in [4.69, 9.17) is 16.3 Å². The highest BCUT2D eigenvalue weighted by molar-refractivity contribution is 7.15. The van der Waals surface area contributed by atoms with E-state index in [-0.39, 0.29) is 18.0 Å². The number of carbonyl (C=O) groups excluding carboxylic acids is 2. The van der Waals surface area contributed by atoms with Crippen molar-refractivity contribution >= 4 is 45.8 Å². The first-order valence-corrected chi connectivity index (χ1v) is 13.5. The lowest BCUT2D eigenvalue weighted by molar-refractivity contribution is 0.0586. The number of pyridine rings is 1. The number of carbonyl (C=O) groups is 2. The summed E-state index contributed by atoms with van der Waals surface area (Å²) in [5.41, 5.74) is 1.96. The number of aromatic nitrogens is 2. The molecule has 3 heterocycles. The highest BCUT2D eigenvalue weighted by atomic mass is 35.5. The number of rotatable bonds is 5. The highest BCUT2D eigenvalue weighted by Crippen LogP contribution is 2.44. The largest absolute Gasteiger partial charge is 0.412 e. The molecule has 0 spiro atoms. The minimum Gasteiger partial charge on any atom is -0.408 e. The molecule has 4 aromatic rings. The topological polar surface area (TPSA) is 84.4 Å². The predicted molar refractivity (Wildman–Crippen MR) is 144 cm³/mol. The van der Waals surface area contributed by atoms with Crippen LogP contribution in [-0.2, 0) is 0 Å². The molecule has 3 atom stereocenters. The maximum absolute atomic E-state index is 13.9. The van der Waals surface area contributed by atoms with E-state index >= 15 is 0 Å². The molecule has 7 nitrogen and oxygen atoms in total. The zero-order valence-electron chi connectivity index (χ0n) is 20.2. The Morgan fingerprint density at radius 2 is 2.00 bits per heavy atom. The fourth-order valence-corrected chi connectivity index (χ4v) is 6.77. The van der Waals surface area contributed by atoms with Crippen LogP contribution in [0.1, 0.15) is 34.8 Å². The Morgan fingerprint density at radius 1 is 1.16 bits per heavy atom. The number of likely N-dealkylation sites (tertiary alicyclic amines) is 1. The molecule has 1 aliphatic heterocycles. The van der Waals surface area contributed by atoms with E-state index in [2.05, 4.69) is 15.3 Å². The zero-order chi connectivity index (χ0) is 25.5. The lowest BCUT2D eigenvalue weighted by Gasteiger charge is -2.35. The van der Waals surface area contributed by atoms with Crippen LogP contribution in [0.3, 0.4) is 0 Å². The lowest BCUT2D eigenvalue weighted by atomic mass is 9.98. The third-order valence-electron chi connectivity index (χ3n) is 7.25. The summed E-state index contributed by atoms with van der Waals surface area (Å²) in [6, 6.07) is 16.8. The van der Waals surface area contributed by atoms with Gasteiger partial charge in [0.2, 0.25) is 0 Å². The van der Waals surface area contributed by atoms with Gasteiger partial charge >= 0.3 is 6.09 Å². The summed E-state index contributed by atoms with van der Waals surface area (Å²) < 4.78 is 5.60. The van der Waals surface area contributed by atoms with E-state index in [0.29, 0.717) is 34.4 Å². The second-order valence-corrected chi connectivity index (χ2v) is 11.2. The minimum absolute atomic E-state index is 0.0926. The van der Waals surface area contributed by atoms with Gasteiger partial charge in [-0.3, -0.25) is 9.78 Å². The van der Waals surface area contributed by atoms with Crippen LogP contribution in [0, 0.1) is 12.8 Å². The molecule has 0 radical (unpaired) electrons. The summed E-state index contributed by atoms with van der Waals surface area (Å²) in [6.07, 6.45) is 4.06. The Kier molecular flexibility index (Phi) is 6.30. The predicted octanol–water partition coefficient (Wildman–Crippen LogP) is 6.10. The number of amides is 2. The Morgan fingerprint density at radius 3 is 2.86 bits per heavy atom. The van der Waals surface area contributed by atoms with Crippen molar-refractivity contribution in [1.82, 2.24) is 20.2 Å². The molecule has 2 bridgehead atoms. The number of hydrogen-bond donors (Lipinski definition) is 1. The average Bonchev–Trinajstić information content (AvgIpc) is 3.62. The van der Waals surface area contributed by atoms with Gasteiger partial charge < -0.3 is 15.0 Å². The van der Waals surface area contributed by atoms with E-state index in [1.165, 1.54) is 11.3 Å². The first kappa shape index (κ1) is 23.9. The maximum Gasteiger partial charge on any atom is 0.412 e. The Labute approximate surface area is 223 Å². The van der Waals surface area contributed by atoms with Gasteiger partial charge in [-0.25, -0.2) is 9.78 Å². The van der Waals surface area contributed by atoms with Gasteiger partial charge in [-0.15, -0.1) is 11.3 Å². The monoisotopic (exact) mass is 532 g/mol. The van der Waals surface area contributed by atoms with Crippen molar-refractivity contribution in [3.05, 3.63) is 76.5 Å². The van der Waals surface area contributed by atoms with Crippen molar-refractivity contribution in [2.24, 2.45) is 5.92 Å². The van der Waals surface area contributed by atoms with Crippen LogP contribution in [0.4, 0.5) is 4.79 Å². The molecule has 2 aliphatic rings. The summed E-state index contributed by atoms with van der Waals surface area (Å²) in [7, 11) is 0. The number of thiazole rings is 1. The van der Waals surface area contributed by atoms with Gasteiger partial charge in [0.25, 0.3) is 5.91 Å². The Bertz CT molecular complexity index is 1500. The molecule has 1 saturated heterocycles. The molecule has 1 N–H and O–H groups in total. The number of benzene rings is 2. The van der Waals surface area contributed by atoms with E-state index in [1.807, 2.05) is 60.4 Å². The van der Waals surface area contributed by atoms with Crippen molar-refractivity contribution in [1.29, 1.82) is 0 Å². The molecule has 2 aromatic heterocycles. The van der Waals surface area contributed by atoms with E-state index < -0.39 is 6.09 Å². The number of fused-ring (bicyclic) bond motifs is 3. The molecular formula is C28H25ClN4O3S. The van der Waals surface area contributed by atoms with Gasteiger partial charge in [0.15, 0.2) is 5.75 Å². The summed E-state index contributed by atoms with van der Waals surface area (Å²) in [5, 5.41) is 5.23. The number of para-hydroxylation sites is 1. The number of piperidine rings is 1. The highest BCUT2D eigenvalue weighted by Gasteiger charge is 2.49. The second-order valence-electron chi connectivity index (χ2n) is 9.53. The molecule has 188 valence electrons. The van der Waals surface area contributed by atoms with Gasteiger partial charge in [0, 0.05) is 29.2 Å². The van der Waals surface area contributed by atoms with E-state index in [0.717, 1.165) is 40.1 Å². The molecule has 6 rings (SSSR count). The van der Waals surface area contributed by atoms with Crippen LogP contribution >= 0.6 is 22.9 Å². The maximum atomic E-state index is 13.9. The summed E-state index contributed by atoms with van der Waals surface area (Å²) >= 11 is 7.72. The van der Waals surface area contributed by atoms with Crippen molar-refractivity contribution in [2.45, 2.75) is 38.3 Å². The standard InChI is InChI=1S/C28H25ClN4O3S/c1-16-32-25(26(37-16)19-6-2-8-20(29)13-19)27(34)33-21-11-10-18(14-21)22(33)15-31-28(35)36-23-9-3-5-17-7-4-12-30-24(17)23/h2-9,12-13,18,21-22H,10-11,14-15H2,1H3,(H,31,35)/t18-,21+,22+/m0/s1. The third-order valence-corrected chi connectivity index (χ3v) is 8.51. The summed E-state index contributed by atoms with van der Waals surface area (Å²) in [4.78, 5) is 38.4. The molecule has 0 unspecified atom stereocenters. The molecule has 1 aliphatic carbocycles.